The molecule has 0 bridgehead atoms. The van der Waals surface area contributed by atoms with Crippen LogP contribution in [0.1, 0.15) is 5.56 Å². The number of anilines is 1. The summed E-state index contributed by atoms with van der Waals surface area (Å²) in [5, 5.41) is 18.4. The molecule has 4 rings (SSSR count). The van der Waals surface area contributed by atoms with Gasteiger partial charge in [-0.3, -0.25) is 9.89 Å². The van der Waals surface area contributed by atoms with Crippen molar-refractivity contribution < 1.29 is 9.53 Å². The Morgan fingerprint density at radius 1 is 1.12 bits per heavy atom. The van der Waals surface area contributed by atoms with Gasteiger partial charge in [-0.1, -0.05) is 12.1 Å². The van der Waals surface area contributed by atoms with Crippen LogP contribution in [0.5, 0.6) is 11.6 Å². The summed E-state index contributed by atoms with van der Waals surface area (Å²) in [5.74, 6) is 0.943. The predicted octanol–water partition coefficient (Wildman–Crippen LogP) is 3.33. The number of nitrogens with one attached hydrogen (secondary N) is 2. The first-order valence-electron chi connectivity index (χ1n) is 8.04. The van der Waals surface area contributed by atoms with E-state index in [-0.39, 0.29) is 12.3 Å². The van der Waals surface area contributed by atoms with E-state index in [1.807, 2.05) is 18.2 Å². The fourth-order valence-corrected chi connectivity index (χ4v) is 2.55. The number of aromatic nitrogens is 4. The quantitative estimate of drug-likeness (QED) is 0.579. The molecule has 2 aromatic carbocycles. The molecule has 2 aromatic heterocycles. The van der Waals surface area contributed by atoms with Crippen LogP contribution >= 0.6 is 0 Å². The number of carbonyl (C=O) groups is 1. The van der Waals surface area contributed by atoms with Gasteiger partial charge in [0.05, 0.1) is 18.1 Å². The molecule has 128 valence electrons. The molecule has 0 aliphatic carbocycles. The van der Waals surface area contributed by atoms with Gasteiger partial charge in [0, 0.05) is 23.3 Å². The van der Waals surface area contributed by atoms with Crippen LogP contribution in [0, 0.1) is 0 Å². The van der Waals surface area contributed by atoms with Crippen LogP contribution in [-0.2, 0) is 11.2 Å². The molecule has 4 aromatic rings. The fourth-order valence-electron chi connectivity index (χ4n) is 2.55. The van der Waals surface area contributed by atoms with Crippen LogP contribution in [0.4, 0.5) is 5.69 Å². The van der Waals surface area contributed by atoms with E-state index in [9.17, 15) is 4.79 Å². The largest absolute Gasteiger partial charge is 0.438 e. The standard InChI is InChI=1S/C19H15N5O2/c25-18(11-13-3-4-14-12-21-23-17(14)10-13)22-15-5-7-16(8-6-15)26-19-2-1-9-20-24-19/h1-10,12H,11H2,(H,21,23)(H,22,25). The average molecular weight is 345 g/mol. The molecular formula is C19H15N5O2. The van der Waals surface area contributed by atoms with E-state index < -0.39 is 0 Å². The summed E-state index contributed by atoms with van der Waals surface area (Å²) in [7, 11) is 0. The highest BCUT2D eigenvalue weighted by atomic mass is 16.5. The van der Waals surface area contributed by atoms with Crippen molar-refractivity contribution in [2.75, 3.05) is 5.32 Å². The highest BCUT2D eigenvalue weighted by Crippen LogP contribution is 2.21. The highest BCUT2D eigenvalue weighted by Gasteiger charge is 2.06. The van der Waals surface area contributed by atoms with E-state index in [4.69, 9.17) is 4.74 Å². The van der Waals surface area contributed by atoms with E-state index in [0.717, 1.165) is 16.5 Å². The lowest BCUT2D eigenvalue weighted by Gasteiger charge is -2.07. The monoisotopic (exact) mass is 345 g/mol. The van der Waals surface area contributed by atoms with E-state index in [1.165, 1.54) is 0 Å². The van der Waals surface area contributed by atoms with Gasteiger partial charge < -0.3 is 10.1 Å². The lowest BCUT2D eigenvalue weighted by Crippen LogP contribution is -2.14. The lowest BCUT2D eigenvalue weighted by atomic mass is 10.1. The highest BCUT2D eigenvalue weighted by molar-refractivity contribution is 5.93. The third-order valence-corrected chi connectivity index (χ3v) is 3.78. The molecular weight excluding hydrogens is 330 g/mol. The minimum Gasteiger partial charge on any atom is -0.438 e. The van der Waals surface area contributed by atoms with Crippen LogP contribution in [0.2, 0.25) is 0 Å². The first kappa shape index (κ1) is 15.8. The minimum atomic E-state index is -0.0912. The molecule has 0 aliphatic heterocycles. The second-order valence-electron chi connectivity index (χ2n) is 5.70. The van der Waals surface area contributed by atoms with Crippen molar-refractivity contribution in [2.45, 2.75) is 6.42 Å². The maximum atomic E-state index is 12.2. The van der Waals surface area contributed by atoms with Crippen LogP contribution in [0.15, 0.2) is 67.0 Å². The number of fused-ring (bicyclic) bond motifs is 1. The van der Waals surface area contributed by atoms with Crippen molar-refractivity contribution in [1.82, 2.24) is 20.4 Å². The summed E-state index contributed by atoms with van der Waals surface area (Å²) >= 11 is 0. The Morgan fingerprint density at radius 2 is 2.00 bits per heavy atom. The van der Waals surface area contributed by atoms with E-state index in [1.54, 1.807) is 48.8 Å². The van der Waals surface area contributed by atoms with E-state index in [2.05, 4.69) is 25.7 Å². The summed E-state index contributed by atoms with van der Waals surface area (Å²) in [5.41, 5.74) is 2.53. The Kier molecular flexibility index (Phi) is 4.26. The molecule has 2 N–H and O–H groups in total. The molecule has 1 amide bonds. The minimum absolute atomic E-state index is 0.0912. The summed E-state index contributed by atoms with van der Waals surface area (Å²) in [6.45, 7) is 0. The van der Waals surface area contributed by atoms with Crippen molar-refractivity contribution >= 4 is 22.5 Å². The van der Waals surface area contributed by atoms with Crippen LogP contribution in [-0.4, -0.2) is 26.3 Å². The lowest BCUT2D eigenvalue weighted by molar-refractivity contribution is -0.115. The van der Waals surface area contributed by atoms with Gasteiger partial charge in [-0.2, -0.15) is 10.2 Å². The van der Waals surface area contributed by atoms with Crippen molar-refractivity contribution in [3.63, 3.8) is 0 Å². The number of hydrogen-bond acceptors (Lipinski definition) is 5. The number of H-pyrrole nitrogens is 1. The van der Waals surface area contributed by atoms with Gasteiger partial charge in [0.15, 0.2) is 0 Å². The Hall–Kier alpha value is -3.74. The first-order valence-corrected chi connectivity index (χ1v) is 8.04. The summed E-state index contributed by atoms with van der Waals surface area (Å²) < 4.78 is 5.57. The van der Waals surface area contributed by atoms with Crippen molar-refractivity contribution in [3.05, 3.63) is 72.6 Å². The van der Waals surface area contributed by atoms with E-state index >= 15 is 0 Å². The maximum Gasteiger partial charge on any atom is 0.238 e. The average Bonchev–Trinajstić information content (AvgIpc) is 3.12. The van der Waals surface area contributed by atoms with Crippen molar-refractivity contribution in [3.8, 4) is 11.6 Å². The summed E-state index contributed by atoms with van der Waals surface area (Å²) in [4.78, 5) is 12.2. The third-order valence-electron chi connectivity index (χ3n) is 3.78. The van der Waals surface area contributed by atoms with Crippen molar-refractivity contribution in [2.24, 2.45) is 0 Å². The summed E-state index contributed by atoms with van der Waals surface area (Å²) in [6.07, 6.45) is 3.62. The third kappa shape index (κ3) is 3.67. The maximum absolute atomic E-state index is 12.2. The molecule has 0 saturated carbocycles. The molecule has 0 unspecified atom stereocenters. The van der Waals surface area contributed by atoms with Gasteiger partial charge >= 0.3 is 0 Å². The molecule has 2 heterocycles. The zero-order valence-corrected chi connectivity index (χ0v) is 13.7. The fraction of sp³-hybridized carbons (Fsp3) is 0.0526. The number of benzene rings is 2. The molecule has 0 fully saturated rings. The topological polar surface area (TPSA) is 92.8 Å². The molecule has 0 radical (unpaired) electrons. The number of rotatable bonds is 5. The van der Waals surface area contributed by atoms with Gasteiger partial charge in [0.1, 0.15) is 5.75 Å². The molecule has 0 atom stereocenters. The van der Waals surface area contributed by atoms with Crippen LogP contribution in [0.25, 0.3) is 10.9 Å². The number of carbonyl (C=O) groups excluding carboxylic acids is 1. The molecule has 0 spiro atoms. The molecule has 7 nitrogen and oxygen atoms in total. The first-order chi connectivity index (χ1) is 12.8. The number of hydrogen-bond donors (Lipinski definition) is 2. The normalized spacial score (nSPS) is 10.6. The Balaban J connectivity index is 1.38. The zero-order chi connectivity index (χ0) is 17.8. The Labute approximate surface area is 149 Å². The predicted molar refractivity (Wildman–Crippen MR) is 97.0 cm³/mol. The van der Waals surface area contributed by atoms with Gasteiger partial charge in [0.2, 0.25) is 11.8 Å². The molecule has 0 saturated heterocycles. The number of ether oxygens (including phenoxy) is 1. The van der Waals surface area contributed by atoms with E-state index in [0.29, 0.717) is 17.3 Å². The van der Waals surface area contributed by atoms with Crippen molar-refractivity contribution in [1.29, 1.82) is 0 Å². The number of nitrogens with zero attached hydrogens (tertiary/aromatic N) is 3. The summed E-state index contributed by atoms with van der Waals surface area (Å²) in [6, 6.07) is 16.4. The van der Waals surface area contributed by atoms with Gasteiger partial charge in [0.25, 0.3) is 0 Å². The van der Waals surface area contributed by atoms with Crippen LogP contribution in [0.3, 0.4) is 0 Å². The number of aromatic amines is 1. The second-order valence-corrected chi connectivity index (χ2v) is 5.70. The zero-order valence-electron chi connectivity index (χ0n) is 13.7. The molecule has 7 heteroatoms. The van der Waals surface area contributed by atoms with Gasteiger partial charge in [-0.15, -0.1) is 5.10 Å². The van der Waals surface area contributed by atoms with Gasteiger partial charge in [-0.05, 0) is 42.0 Å². The van der Waals surface area contributed by atoms with Gasteiger partial charge in [-0.25, -0.2) is 0 Å². The molecule has 0 aliphatic rings. The van der Waals surface area contributed by atoms with Crippen LogP contribution < -0.4 is 10.1 Å². The molecule has 26 heavy (non-hydrogen) atoms. The Morgan fingerprint density at radius 3 is 2.81 bits per heavy atom. The second kappa shape index (κ2) is 7.02. The smallest absolute Gasteiger partial charge is 0.238 e. The Bertz CT molecular complexity index is 1030. The number of amides is 1. The SMILES string of the molecule is O=C(Cc1ccc2cn[nH]c2c1)Nc1ccc(Oc2cccnn2)cc1.